The molecule has 1 heterocycles. The Bertz CT molecular complexity index is 551. The molecule has 4 amide bonds. The van der Waals surface area contributed by atoms with E-state index in [2.05, 4.69) is 10.6 Å². The molecule has 0 bridgehead atoms. The molecule has 124 valence electrons. The van der Waals surface area contributed by atoms with Gasteiger partial charge in [-0.3, -0.25) is 14.9 Å². The number of amides is 4. The fourth-order valence-corrected chi connectivity index (χ4v) is 2.68. The Kier molecular flexibility index (Phi) is 6.14. The molecule has 0 unspecified atom stereocenters. The normalized spacial score (nSPS) is 15.1. The number of rotatable bonds is 4. The largest absolute Gasteiger partial charge is 0.343 e. The maximum absolute atomic E-state index is 12.0. The average Bonchev–Trinajstić information content (AvgIpc) is 2.56. The Morgan fingerprint density at radius 2 is 1.78 bits per heavy atom. The Morgan fingerprint density at radius 1 is 1.13 bits per heavy atom. The molecule has 0 aliphatic carbocycles. The van der Waals surface area contributed by atoms with Crippen LogP contribution in [0.3, 0.4) is 0 Å². The van der Waals surface area contributed by atoms with Crippen molar-refractivity contribution in [2.45, 2.75) is 26.2 Å². The highest BCUT2D eigenvalue weighted by molar-refractivity contribution is 5.95. The Hall–Kier alpha value is -2.37. The van der Waals surface area contributed by atoms with Gasteiger partial charge in [0.1, 0.15) is 0 Å². The maximum Gasteiger partial charge on any atom is 0.321 e. The van der Waals surface area contributed by atoms with Crippen LogP contribution in [0.1, 0.15) is 25.3 Å². The van der Waals surface area contributed by atoms with Crippen LogP contribution in [0, 0.1) is 5.92 Å². The van der Waals surface area contributed by atoms with Gasteiger partial charge in [0, 0.05) is 32.5 Å². The van der Waals surface area contributed by atoms with Gasteiger partial charge in [-0.15, -0.1) is 0 Å². The van der Waals surface area contributed by atoms with Crippen molar-refractivity contribution < 1.29 is 14.4 Å². The summed E-state index contributed by atoms with van der Waals surface area (Å²) in [7, 11) is 0. The summed E-state index contributed by atoms with van der Waals surface area (Å²) in [4.78, 5) is 36.8. The molecule has 6 nitrogen and oxygen atoms in total. The third-order valence-electron chi connectivity index (χ3n) is 4.09. The average molecular weight is 317 g/mol. The fraction of sp³-hybridized carbons (Fsp3) is 0.471. The summed E-state index contributed by atoms with van der Waals surface area (Å²) in [6, 6.07) is 9.37. The van der Waals surface area contributed by atoms with E-state index in [0.29, 0.717) is 32.5 Å². The summed E-state index contributed by atoms with van der Waals surface area (Å²) in [6.45, 7) is 3.15. The zero-order valence-electron chi connectivity index (χ0n) is 13.4. The molecule has 0 aromatic heterocycles. The second kappa shape index (κ2) is 8.31. The van der Waals surface area contributed by atoms with E-state index in [1.54, 1.807) is 4.90 Å². The van der Waals surface area contributed by atoms with Crippen LogP contribution < -0.4 is 10.6 Å². The number of benzene rings is 1. The molecule has 0 atom stereocenters. The predicted octanol–water partition coefficient (Wildman–Crippen LogP) is 1.31. The fourth-order valence-electron chi connectivity index (χ4n) is 2.68. The van der Waals surface area contributed by atoms with Crippen molar-refractivity contribution in [3.63, 3.8) is 0 Å². The van der Waals surface area contributed by atoms with Gasteiger partial charge >= 0.3 is 6.03 Å². The molecule has 1 aliphatic rings. The topological polar surface area (TPSA) is 78.5 Å². The molecule has 2 N–H and O–H groups in total. The molecule has 0 spiro atoms. The number of imide groups is 1. The highest BCUT2D eigenvalue weighted by atomic mass is 16.2. The minimum Gasteiger partial charge on any atom is -0.343 e. The number of urea groups is 1. The molecule has 0 radical (unpaired) electrons. The summed E-state index contributed by atoms with van der Waals surface area (Å²) >= 11 is 0. The third kappa shape index (κ3) is 5.39. The van der Waals surface area contributed by atoms with Gasteiger partial charge in [0.15, 0.2) is 0 Å². The van der Waals surface area contributed by atoms with Crippen molar-refractivity contribution in [2.24, 2.45) is 5.92 Å². The van der Waals surface area contributed by atoms with E-state index in [1.807, 2.05) is 30.3 Å². The first-order chi connectivity index (χ1) is 11.1. The van der Waals surface area contributed by atoms with Gasteiger partial charge in [0.2, 0.25) is 11.8 Å². The molecule has 1 fully saturated rings. The SMILES string of the molecule is CC(=O)N1CCC(C(=O)NC(=O)NCCc2ccccc2)CC1. The first-order valence-electron chi connectivity index (χ1n) is 7.94. The first-order valence-corrected chi connectivity index (χ1v) is 7.94. The van der Waals surface area contributed by atoms with Crippen molar-refractivity contribution >= 4 is 17.8 Å². The molecule has 23 heavy (non-hydrogen) atoms. The van der Waals surface area contributed by atoms with Gasteiger partial charge < -0.3 is 10.2 Å². The van der Waals surface area contributed by atoms with E-state index in [1.165, 1.54) is 6.92 Å². The van der Waals surface area contributed by atoms with Gasteiger partial charge in [0.25, 0.3) is 0 Å². The molecule has 1 aromatic carbocycles. The number of nitrogens with zero attached hydrogens (tertiary/aromatic N) is 1. The molecular weight excluding hydrogens is 294 g/mol. The smallest absolute Gasteiger partial charge is 0.321 e. The minimum absolute atomic E-state index is 0.0301. The van der Waals surface area contributed by atoms with E-state index in [9.17, 15) is 14.4 Å². The van der Waals surface area contributed by atoms with Crippen LogP contribution in [0.15, 0.2) is 30.3 Å². The first kappa shape index (κ1) is 17.0. The zero-order chi connectivity index (χ0) is 16.7. The van der Waals surface area contributed by atoms with Crippen LogP contribution in [0.5, 0.6) is 0 Å². The third-order valence-corrected chi connectivity index (χ3v) is 4.09. The van der Waals surface area contributed by atoms with Gasteiger partial charge in [-0.25, -0.2) is 4.79 Å². The Labute approximate surface area is 136 Å². The maximum atomic E-state index is 12.0. The van der Waals surface area contributed by atoms with Crippen LogP contribution in [-0.2, 0) is 16.0 Å². The summed E-state index contributed by atoms with van der Waals surface area (Å²) < 4.78 is 0. The van der Waals surface area contributed by atoms with Crippen LogP contribution >= 0.6 is 0 Å². The molecule has 1 saturated heterocycles. The summed E-state index contributed by atoms with van der Waals surface area (Å²) in [5.41, 5.74) is 1.13. The van der Waals surface area contributed by atoms with Crippen LogP contribution in [0.2, 0.25) is 0 Å². The minimum atomic E-state index is -0.458. The number of piperidine rings is 1. The van der Waals surface area contributed by atoms with E-state index in [4.69, 9.17) is 0 Å². The number of hydrogen-bond donors (Lipinski definition) is 2. The molecular formula is C17H23N3O3. The summed E-state index contributed by atoms with van der Waals surface area (Å²) in [6.07, 6.45) is 1.92. The second-order valence-corrected chi connectivity index (χ2v) is 5.76. The number of carbonyl (C=O) groups is 3. The summed E-state index contributed by atoms with van der Waals surface area (Å²) in [5, 5.41) is 5.08. The van der Waals surface area contributed by atoms with Crippen molar-refractivity contribution in [3.8, 4) is 0 Å². The molecule has 0 saturated carbocycles. The second-order valence-electron chi connectivity index (χ2n) is 5.76. The monoisotopic (exact) mass is 317 g/mol. The molecule has 1 aromatic rings. The van der Waals surface area contributed by atoms with Gasteiger partial charge in [-0.2, -0.15) is 0 Å². The standard InChI is InChI=1S/C17H23N3O3/c1-13(21)20-11-8-15(9-12-20)16(22)19-17(23)18-10-7-14-5-3-2-4-6-14/h2-6,15H,7-12H2,1H3,(H2,18,19,22,23). The lowest BCUT2D eigenvalue weighted by atomic mass is 9.96. The molecule has 2 rings (SSSR count). The lowest BCUT2D eigenvalue weighted by Gasteiger charge is -2.30. The van der Waals surface area contributed by atoms with Gasteiger partial charge in [-0.05, 0) is 24.8 Å². The Balaban J connectivity index is 1.67. The summed E-state index contributed by atoms with van der Waals surface area (Å²) in [5.74, 6) is -0.432. The van der Waals surface area contributed by atoms with E-state index < -0.39 is 6.03 Å². The quantitative estimate of drug-likeness (QED) is 0.879. The Morgan fingerprint density at radius 3 is 2.39 bits per heavy atom. The lowest BCUT2D eigenvalue weighted by molar-refractivity contribution is -0.133. The van der Waals surface area contributed by atoms with Gasteiger partial charge in [-0.1, -0.05) is 30.3 Å². The van der Waals surface area contributed by atoms with Crippen LogP contribution in [0.4, 0.5) is 4.79 Å². The highest BCUT2D eigenvalue weighted by Gasteiger charge is 2.26. The zero-order valence-corrected chi connectivity index (χ0v) is 13.4. The number of nitrogens with one attached hydrogen (secondary N) is 2. The molecule has 1 aliphatic heterocycles. The van der Waals surface area contributed by atoms with Crippen LogP contribution in [-0.4, -0.2) is 42.4 Å². The van der Waals surface area contributed by atoms with Crippen molar-refractivity contribution in [1.82, 2.24) is 15.5 Å². The van der Waals surface area contributed by atoms with Crippen molar-refractivity contribution in [1.29, 1.82) is 0 Å². The van der Waals surface area contributed by atoms with E-state index in [0.717, 1.165) is 12.0 Å². The lowest BCUT2D eigenvalue weighted by Crippen LogP contribution is -2.46. The van der Waals surface area contributed by atoms with E-state index >= 15 is 0 Å². The number of likely N-dealkylation sites (tertiary alicyclic amines) is 1. The van der Waals surface area contributed by atoms with Crippen LogP contribution in [0.25, 0.3) is 0 Å². The van der Waals surface area contributed by atoms with Gasteiger partial charge in [0.05, 0.1) is 0 Å². The highest BCUT2D eigenvalue weighted by Crippen LogP contribution is 2.17. The predicted molar refractivity (Wildman–Crippen MR) is 86.7 cm³/mol. The van der Waals surface area contributed by atoms with Crippen molar-refractivity contribution in [2.75, 3.05) is 19.6 Å². The number of carbonyl (C=O) groups excluding carboxylic acids is 3. The number of hydrogen-bond acceptors (Lipinski definition) is 3. The van der Waals surface area contributed by atoms with Crippen molar-refractivity contribution in [3.05, 3.63) is 35.9 Å². The molecule has 6 heteroatoms. The van der Waals surface area contributed by atoms with E-state index in [-0.39, 0.29) is 17.7 Å².